The van der Waals surface area contributed by atoms with Gasteiger partial charge in [-0.05, 0) is 30.5 Å². The molecule has 0 spiro atoms. The quantitative estimate of drug-likeness (QED) is 0.316. The number of thioether (sulfide) groups is 1. The molecule has 0 fully saturated rings. The predicted molar refractivity (Wildman–Crippen MR) is 91.7 cm³/mol. The Morgan fingerprint density at radius 3 is 2.50 bits per heavy atom. The molecular formula is C18H18O5S. The zero-order chi connectivity index (χ0) is 16.9. The molecule has 0 aliphatic carbocycles. The number of hydrogen-bond acceptors (Lipinski definition) is 6. The fraction of sp³-hybridized carbons (Fsp3) is 0.333. The van der Waals surface area contributed by atoms with E-state index in [0.717, 1.165) is 16.0 Å². The van der Waals surface area contributed by atoms with Crippen LogP contribution in [0.15, 0.2) is 35.2 Å². The molecule has 0 unspecified atom stereocenters. The van der Waals surface area contributed by atoms with E-state index in [0.29, 0.717) is 42.9 Å². The first-order valence-corrected chi connectivity index (χ1v) is 8.81. The van der Waals surface area contributed by atoms with Crippen molar-refractivity contribution in [3.05, 3.63) is 41.5 Å². The van der Waals surface area contributed by atoms with Gasteiger partial charge in [0.05, 0.1) is 30.9 Å². The maximum Gasteiger partial charge on any atom is 0.346 e. The first kappa shape index (κ1) is 17.0. The fourth-order valence-electron chi connectivity index (χ4n) is 2.61. The van der Waals surface area contributed by atoms with Gasteiger partial charge in [-0.25, -0.2) is 9.59 Å². The molecule has 24 heavy (non-hydrogen) atoms. The largest absolute Gasteiger partial charge is 0.386 e. The molecule has 2 aromatic carbocycles. The molecule has 1 aliphatic rings. The lowest BCUT2D eigenvalue weighted by Crippen LogP contribution is -2.19. The van der Waals surface area contributed by atoms with E-state index < -0.39 is 11.9 Å². The van der Waals surface area contributed by atoms with Crippen molar-refractivity contribution in [1.82, 2.24) is 0 Å². The molecule has 1 heterocycles. The highest BCUT2D eigenvalue weighted by Gasteiger charge is 2.27. The lowest BCUT2D eigenvalue weighted by Gasteiger charge is -2.17. The number of rotatable bonds is 8. The van der Waals surface area contributed by atoms with Crippen LogP contribution < -0.4 is 0 Å². The zero-order valence-electron chi connectivity index (χ0n) is 13.4. The third kappa shape index (κ3) is 3.45. The molecule has 0 aromatic heterocycles. The summed E-state index contributed by atoms with van der Waals surface area (Å²) in [6.45, 7) is 4.45. The molecule has 0 radical (unpaired) electrons. The topological polar surface area (TPSA) is 61.8 Å². The summed E-state index contributed by atoms with van der Waals surface area (Å²) in [4.78, 5) is 24.8. The molecule has 0 amide bonds. The van der Waals surface area contributed by atoms with Crippen molar-refractivity contribution >= 4 is 34.5 Å². The van der Waals surface area contributed by atoms with Crippen molar-refractivity contribution in [2.45, 2.75) is 11.8 Å². The number of esters is 2. The van der Waals surface area contributed by atoms with Gasteiger partial charge in [0.25, 0.3) is 0 Å². The van der Waals surface area contributed by atoms with E-state index in [2.05, 4.69) is 0 Å². The molecule has 3 rings (SSSR count). The fourth-order valence-corrected chi connectivity index (χ4v) is 3.53. The molecule has 0 saturated heterocycles. The van der Waals surface area contributed by atoms with Gasteiger partial charge in [0.15, 0.2) is 0 Å². The summed E-state index contributed by atoms with van der Waals surface area (Å²) in [6, 6.07) is 9.03. The number of carbonyl (C=O) groups excluding carboxylic acids is 2. The van der Waals surface area contributed by atoms with Crippen molar-refractivity contribution in [1.29, 1.82) is 0 Å². The molecule has 126 valence electrons. The highest BCUT2D eigenvalue weighted by Crippen LogP contribution is 2.35. The van der Waals surface area contributed by atoms with Gasteiger partial charge in [0.1, 0.15) is 0 Å². The highest BCUT2D eigenvalue weighted by molar-refractivity contribution is 7.99. The Bertz CT molecular complexity index is 751. The Labute approximate surface area is 144 Å². The van der Waals surface area contributed by atoms with Crippen LogP contribution in [0.3, 0.4) is 0 Å². The van der Waals surface area contributed by atoms with Crippen molar-refractivity contribution in [2.24, 2.45) is 0 Å². The monoisotopic (exact) mass is 346 g/mol. The summed E-state index contributed by atoms with van der Waals surface area (Å²) in [5.74, 6) is -0.387. The van der Waals surface area contributed by atoms with Crippen molar-refractivity contribution in [3.8, 4) is 0 Å². The van der Waals surface area contributed by atoms with Crippen LogP contribution in [-0.4, -0.2) is 44.1 Å². The van der Waals surface area contributed by atoms with E-state index in [1.165, 1.54) is 0 Å². The number of hydrogen-bond donors (Lipinski definition) is 0. The third-order valence-electron chi connectivity index (χ3n) is 3.69. The second kappa shape index (κ2) is 7.79. The maximum atomic E-state index is 11.9. The van der Waals surface area contributed by atoms with Crippen LogP contribution in [0.4, 0.5) is 0 Å². The Morgan fingerprint density at radius 2 is 1.71 bits per heavy atom. The number of cyclic esters (lactones) is 2. The lowest BCUT2D eigenvalue weighted by molar-refractivity contribution is 0.0391. The molecule has 5 nitrogen and oxygen atoms in total. The number of ether oxygens (including phenoxy) is 3. The smallest absolute Gasteiger partial charge is 0.346 e. The van der Waals surface area contributed by atoms with Gasteiger partial charge in [-0.3, -0.25) is 0 Å². The molecule has 6 heteroatoms. The van der Waals surface area contributed by atoms with Gasteiger partial charge in [-0.15, -0.1) is 11.8 Å². The number of carbonyl (C=O) groups is 2. The second-order valence-electron chi connectivity index (χ2n) is 5.17. The first-order chi connectivity index (χ1) is 11.7. The minimum absolute atomic E-state index is 0.442. The lowest BCUT2D eigenvalue weighted by atomic mass is 9.97. The molecule has 0 bridgehead atoms. The Hall–Kier alpha value is -1.89. The van der Waals surface area contributed by atoms with E-state index in [1.807, 2.05) is 19.1 Å². The van der Waals surface area contributed by atoms with Gasteiger partial charge in [0, 0.05) is 22.6 Å². The van der Waals surface area contributed by atoms with E-state index in [1.54, 1.807) is 30.0 Å². The molecule has 0 saturated carbocycles. The molecule has 0 N–H and O–H groups in total. The summed E-state index contributed by atoms with van der Waals surface area (Å²) in [6.07, 6.45) is 0. The highest BCUT2D eigenvalue weighted by atomic mass is 32.2. The van der Waals surface area contributed by atoms with Crippen LogP contribution in [0.1, 0.15) is 27.6 Å². The predicted octanol–water partition coefficient (Wildman–Crippen LogP) is 3.30. The van der Waals surface area contributed by atoms with Crippen molar-refractivity contribution in [2.75, 3.05) is 32.2 Å². The summed E-state index contributed by atoms with van der Waals surface area (Å²) in [5.41, 5.74) is 0.884. The van der Waals surface area contributed by atoms with Crippen LogP contribution in [-0.2, 0) is 14.2 Å². The minimum Gasteiger partial charge on any atom is -0.386 e. The van der Waals surface area contributed by atoms with Crippen LogP contribution in [0, 0.1) is 0 Å². The summed E-state index contributed by atoms with van der Waals surface area (Å²) < 4.78 is 15.5. The minimum atomic E-state index is -0.584. The van der Waals surface area contributed by atoms with Gasteiger partial charge >= 0.3 is 11.9 Å². The van der Waals surface area contributed by atoms with E-state index in [4.69, 9.17) is 14.2 Å². The Morgan fingerprint density at radius 1 is 0.958 bits per heavy atom. The summed E-state index contributed by atoms with van der Waals surface area (Å²) in [7, 11) is 0. The van der Waals surface area contributed by atoms with Gasteiger partial charge in [-0.1, -0.05) is 12.1 Å². The van der Waals surface area contributed by atoms with Crippen LogP contribution >= 0.6 is 11.8 Å². The average Bonchev–Trinajstić information content (AvgIpc) is 2.59. The maximum absolute atomic E-state index is 11.9. The van der Waals surface area contributed by atoms with Crippen molar-refractivity contribution in [3.63, 3.8) is 0 Å². The normalized spacial score (nSPS) is 13.4. The Kier molecular flexibility index (Phi) is 5.50. The summed E-state index contributed by atoms with van der Waals surface area (Å²) >= 11 is 1.64. The molecule has 2 aromatic rings. The summed E-state index contributed by atoms with van der Waals surface area (Å²) in [5, 5.41) is 1.58. The second-order valence-corrected chi connectivity index (χ2v) is 6.31. The molecule has 1 aliphatic heterocycles. The van der Waals surface area contributed by atoms with Crippen LogP contribution in [0.5, 0.6) is 0 Å². The third-order valence-corrected chi connectivity index (χ3v) is 4.73. The molecule has 0 atom stereocenters. The van der Waals surface area contributed by atoms with Gasteiger partial charge < -0.3 is 14.2 Å². The number of benzene rings is 2. The van der Waals surface area contributed by atoms with E-state index >= 15 is 0 Å². The van der Waals surface area contributed by atoms with Gasteiger partial charge in [-0.2, -0.15) is 0 Å². The Balaban J connectivity index is 1.73. The zero-order valence-corrected chi connectivity index (χ0v) is 14.2. The standard InChI is InChI=1S/C18H18O5S/c1-2-21-8-9-22-10-11-24-15-7-6-14-16-12(15)4-3-5-13(16)17(19)23-18(14)20/h3-7H,2,8-11H2,1H3. The first-order valence-electron chi connectivity index (χ1n) is 7.83. The van der Waals surface area contributed by atoms with Gasteiger partial charge in [0.2, 0.25) is 0 Å². The van der Waals surface area contributed by atoms with E-state index in [9.17, 15) is 9.59 Å². The average molecular weight is 346 g/mol. The molecular weight excluding hydrogens is 328 g/mol. The van der Waals surface area contributed by atoms with E-state index in [-0.39, 0.29) is 0 Å². The van der Waals surface area contributed by atoms with Crippen LogP contribution in [0.2, 0.25) is 0 Å². The van der Waals surface area contributed by atoms with Crippen molar-refractivity contribution < 1.29 is 23.8 Å². The van der Waals surface area contributed by atoms with Crippen LogP contribution in [0.25, 0.3) is 10.8 Å². The SMILES string of the molecule is CCOCCOCCSc1ccc2c3c(cccc13)C(=O)OC2=O.